The molecule has 3 aromatic rings. The molecule has 2 heterocycles. The van der Waals surface area contributed by atoms with Gasteiger partial charge in [-0.2, -0.15) is 4.98 Å². The van der Waals surface area contributed by atoms with Crippen LogP contribution in [0.4, 0.5) is 0 Å². The number of benzene rings is 1. The van der Waals surface area contributed by atoms with Gasteiger partial charge >= 0.3 is 0 Å². The predicted molar refractivity (Wildman–Crippen MR) is 109 cm³/mol. The average molecular weight is 439 g/mol. The van der Waals surface area contributed by atoms with Crippen LogP contribution in [0.2, 0.25) is 0 Å². The normalized spacial score (nSPS) is 12.3. The fraction of sp³-hybridized carbons (Fsp3) is 0.389. The minimum Gasteiger partial charge on any atom is -0.475 e. The highest BCUT2D eigenvalue weighted by Gasteiger charge is 2.20. The molecule has 2 aromatic heterocycles. The van der Waals surface area contributed by atoms with Crippen LogP contribution >= 0.6 is 0 Å². The van der Waals surface area contributed by atoms with Gasteiger partial charge in [-0.05, 0) is 18.6 Å². The predicted octanol–water partition coefficient (Wildman–Crippen LogP) is 1.81. The van der Waals surface area contributed by atoms with E-state index in [9.17, 15) is 16.8 Å². The van der Waals surface area contributed by atoms with E-state index in [-0.39, 0.29) is 40.7 Å². The molecule has 11 heteroatoms. The van der Waals surface area contributed by atoms with Gasteiger partial charge < -0.3 is 4.74 Å². The van der Waals surface area contributed by atoms with Crippen LogP contribution in [0.25, 0.3) is 16.7 Å². The minimum atomic E-state index is -3.58. The van der Waals surface area contributed by atoms with Crippen LogP contribution < -0.4 is 4.74 Å². The molecular formula is C18H22N4O5S2. The number of rotatable bonds is 9. The second-order valence-electron chi connectivity index (χ2n) is 6.34. The van der Waals surface area contributed by atoms with Crippen molar-refractivity contribution in [3.8, 4) is 11.7 Å². The van der Waals surface area contributed by atoms with Crippen molar-refractivity contribution in [2.24, 2.45) is 0 Å². The van der Waals surface area contributed by atoms with E-state index in [1.165, 1.54) is 10.9 Å². The summed E-state index contributed by atoms with van der Waals surface area (Å²) in [4.78, 5) is 8.07. The first-order valence-corrected chi connectivity index (χ1v) is 12.6. The first-order chi connectivity index (χ1) is 13.8. The highest BCUT2D eigenvalue weighted by molar-refractivity contribution is 7.91. The van der Waals surface area contributed by atoms with E-state index < -0.39 is 19.7 Å². The number of fused-ring (bicyclic) bond motifs is 1. The Morgan fingerprint density at radius 3 is 2.52 bits per heavy atom. The lowest BCUT2D eigenvalue weighted by Crippen LogP contribution is -2.16. The molecule has 0 unspecified atom stereocenters. The summed E-state index contributed by atoms with van der Waals surface area (Å²) in [6.07, 6.45) is 1.83. The molecule has 0 bridgehead atoms. The Kier molecular flexibility index (Phi) is 6.18. The summed E-state index contributed by atoms with van der Waals surface area (Å²) in [6, 6.07) is 8.75. The third-order valence-electron chi connectivity index (χ3n) is 4.21. The molecule has 0 aliphatic heterocycles. The first kappa shape index (κ1) is 21.2. The maximum atomic E-state index is 12.3. The number of para-hydroxylation sites is 1. The van der Waals surface area contributed by atoms with Crippen molar-refractivity contribution >= 4 is 30.6 Å². The number of hydrogen-bond acceptors (Lipinski definition) is 8. The summed E-state index contributed by atoms with van der Waals surface area (Å²) < 4.78 is 55.1. The topological polar surface area (TPSA) is 121 Å². The molecule has 0 radical (unpaired) electrons. The molecule has 156 valence electrons. The lowest BCUT2D eigenvalue weighted by atomic mass is 10.2. The molecule has 1 aromatic carbocycles. The van der Waals surface area contributed by atoms with E-state index in [1.54, 1.807) is 38.1 Å². The zero-order chi connectivity index (χ0) is 21.1. The Labute approximate surface area is 169 Å². The summed E-state index contributed by atoms with van der Waals surface area (Å²) in [5.41, 5.74) is 0.651. The summed E-state index contributed by atoms with van der Waals surface area (Å²) >= 11 is 0. The molecule has 0 fully saturated rings. The zero-order valence-corrected chi connectivity index (χ0v) is 17.8. The Balaban J connectivity index is 1.99. The van der Waals surface area contributed by atoms with Gasteiger partial charge in [-0.3, -0.25) is 0 Å². The second kappa shape index (κ2) is 8.46. The molecule has 0 atom stereocenters. The van der Waals surface area contributed by atoms with E-state index in [2.05, 4.69) is 15.1 Å². The van der Waals surface area contributed by atoms with Crippen LogP contribution in [-0.4, -0.2) is 60.4 Å². The highest BCUT2D eigenvalue weighted by atomic mass is 32.2. The van der Waals surface area contributed by atoms with Crippen LogP contribution in [-0.2, 0) is 19.7 Å². The fourth-order valence-corrected chi connectivity index (χ4v) is 4.49. The first-order valence-electron chi connectivity index (χ1n) is 9.14. The molecule has 29 heavy (non-hydrogen) atoms. The number of sulfone groups is 2. The zero-order valence-electron chi connectivity index (χ0n) is 16.1. The van der Waals surface area contributed by atoms with Gasteiger partial charge in [0.25, 0.3) is 0 Å². The average Bonchev–Trinajstić information content (AvgIpc) is 3.07. The summed E-state index contributed by atoms with van der Waals surface area (Å²) in [5.74, 6) is 0.417. The molecule has 0 aliphatic carbocycles. The van der Waals surface area contributed by atoms with Crippen molar-refractivity contribution in [1.29, 1.82) is 0 Å². The van der Waals surface area contributed by atoms with Gasteiger partial charge in [0.1, 0.15) is 6.61 Å². The Morgan fingerprint density at radius 1 is 1.03 bits per heavy atom. The third kappa shape index (κ3) is 4.73. The SMILES string of the molecule is CCCS(=O)(=O)c1nccc(-n2nc(OCCS(=O)(=O)CC)c3ccccc32)n1. The Hall–Kier alpha value is -2.53. The molecule has 0 N–H and O–H groups in total. The van der Waals surface area contributed by atoms with Gasteiger partial charge in [-0.15, -0.1) is 5.10 Å². The lowest BCUT2D eigenvalue weighted by Gasteiger charge is -2.05. The van der Waals surface area contributed by atoms with E-state index in [1.807, 2.05) is 6.07 Å². The number of hydrogen-bond donors (Lipinski definition) is 0. The largest absolute Gasteiger partial charge is 0.475 e. The highest BCUT2D eigenvalue weighted by Crippen LogP contribution is 2.27. The summed E-state index contributed by atoms with van der Waals surface area (Å²) in [6.45, 7) is 3.32. The van der Waals surface area contributed by atoms with Crippen molar-refractivity contribution < 1.29 is 21.6 Å². The van der Waals surface area contributed by atoms with Crippen molar-refractivity contribution in [2.75, 3.05) is 23.9 Å². The molecule has 0 saturated heterocycles. The Morgan fingerprint density at radius 2 is 1.79 bits per heavy atom. The summed E-state index contributed by atoms with van der Waals surface area (Å²) in [5, 5.41) is 4.80. The number of nitrogens with zero attached hydrogens (tertiary/aromatic N) is 4. The van der Waals surface area contributed by atoms with Crippen molar-refractivity contribution in [1.82, 2.24) is 19.7 Å². The fourth-order valence-electron chi connectivity index (χ4n) is 2.69. The van der Waals surface area contributed by atoms with Crippen LogP contribution in [0.15, 0.2) is 41.7 Å². The van der Waals surface area contributed by atoms with Crippen molar-refractivity contribution in [3.05, 3.63) is 36.5 Å². The molecule has 0 spiro atoms. The van der Waals surface area contributed by atoms with E-state index in [4.69, 9.17) is 4.74 Å². The molecule has 0 aliphatic rings. The smallest absolute Gasteiger partial charge is 0.249 e. The molecule has 3 rings (SSSR count). The molecule has 9 nitrogen and oxygen atoms in total. The van der Waals surface area contributed by atoms with Gasteiger partial charge in [0.15, 0.2) is 15.7 Å². The maximum Gasteiger partial charge on any atom is 0.249 e. The Bertz CT molecular complexity index is 1220. The van der Waals surface area contributed by atoms with E-state index in [0.717, 1.165) is 0 Å². The minimum absolute atomic E-state index is 0.0307. The standard InChI is InChI=1S/C18H22N4O5S2/c1-3-12-29(25,26)18-19-10-9-16(20-18)22-15-8-6-5-7-14(15)17(21-22)27-11-13-28(23,24)4-2/h5-10H,3-4,11-13H2,1-2H3. The second-order valence-corrected chi connectivity index (χ2v) is 10.8. The van der Waals surface area contributed by atoms with Gasteiger partial charge in [0.05, 0.1) is 22.4 Å². The van der Waals surface area contributed by atoms with Gasteiger partial charge in [-0.1, -0.05) is 26.0 Å². The summed E-state index contributed by atoms with van der Waals surface area (Å²) in [7, 11) is -6.74. The van der Waals surface area contributed by atoms with Crippen LogP contribution in [0.3, 0.4) is 0 Å². The van der Waals surface area contributed by atoms with Gasteiger partial charge in [-0.25, -0.2) is 26.5 Å². The quantitative estimate of drug-likeness (QED) is 0.464. The van der Waals surface area contributed by atoms with E-state index in [0.29, 0.717) is 17.3 Å². The molecule has 0 amide bonds. The van der Waals surface area contributed by atoms with Gasteiger partial charge in [0.2, 0.25) is 20.9 Å². The molecule has 0 saturated carbocycles. The molecular weight excluding hydrogens is 416 g/mol. The van der Waals surface area contributed by atoms with Crippen molar-refractivity contribution in [2.45, 2.75) is 25.4 Å². The maximum absolute atomic E-state index is 12.3. The van der Waals surface area contributed by atoms with E-state index >= 15 is 0 Å². The van der Waals surface area contributed by atoms with Crippen LogP contribution in [0.5, 0.6) is 5.88 Å². The monoisotopic (exact) mass is 438 g/mol. The third-order valence-corrected chi connectivity index (χ3v) is 7.58. The lowest BCUT2D eigenvalue weighted by molar-refractivity contribution is 0.328. The van der Waals surface area contributed by atoms with Crippen LogP contribution in [0, 0.1) is 0 Å². The van der Waals surface area contributed by atoms with Crippen molar-refractivity contribution in [3.63, 3.8) is 0 Å². The number of ether oxygens (including phenoxy) is 1. The van der Waals surface area contributed by atoms with Crippen LogP contribution in [0.1, 0.15) is 20.3 Å². The van der Waals surface area contributed by atoms with Gasteiger partial charge in [0, 0.05) is 18.0 Å². The number of aromatic nitrogens is 4.